The van der Waals surface area contributed by atoms with E-state index in [2.05, 4.69) is 26.8 Å². The van der Waals surface area contributed by atoms with E-state index in [-0.39, 0.29) is 43.4 Å². The zero-order chi connectivity index (χ0) is 23.3. The zero-order valence-electron chi connectivity index (χ0n) is 16.8. The fourth-order valence-electron chi connectivity index (χ4n) is 3.01. The molecule has 0 spiro atoms. The van der Waals surface area contributed by atoms with Gasteiger partial charge in [-0.05, 0) is 43.5 Å². The predicted molar refractivity (Wildman–Crippen MR) is 106 cm³/mol. The summed E-state index contributed by atoms with van der Waals surface area (Å²) in [6, 6.07) is 6.32. The summed E-state index contributed by atoms with van der Waals surface area (Å²) in [5, 5.41) is 20.3. The van der Waals surface area contributed by atoms with Crippen molar-refractivity contribution >= 4 is 17.5 Å². The van der Waals surface area contributed by atoms with Crippen LogP contribution in [-0.2, 0) is 16.0 Å². The number of allylic oxidation sites excluding steroid dienone is 1. The number of benzene rings is 1. The van der Waals surface area contributed by atoms with E-state index in [1.807, 2.05) is 0 Å². The third-order valence-electron chi connectivity index (χ3n) is 4.72. The Kier molecular flexibility index (Phi) is 7.75. The number of ether oxygens (including phenoxy) is 2. The zero-order valence-corrected chi connectivity index (χ0v) is 17.5. The highest BCUT2D eigenvalue weighted by Crippen LogP contribution is 2.40. The number of hydrogen-bond acceptors (Lipinski definition) is 7. The Hall–Kier alpha value is -2.63. The molecule has 1 aliphatic rings. The van der Waals surface area contributed by atoms with E-state index in [1.54, 1.807) is 24.3 Å². The molecule has 8 nitrogen and oxygen atoms in total. The van der Waals surface area contributed by atoms with Crippen molar-refractivity contribution in [1.29, 1.82) is 0 Å². The van der Waals surface area contributed by atoms with Crippen molar-refractivity contribution in [2.24, 2.45) is 0 Å². The molecule has 0 saturated heterocycles. The summed E-state index contributed by atoms with van der Waals surface area (Å²) in [6.45, 7) is 3.21. The Morgan fingerprint density at radius 1 is 1.31 bits per heavy atom. The van der Waals surface area contributed by atoms with Gasteiger partial charge in [0.25, 0.3) is 5.91 Å². The van der Waals surface area contributed by atoms with Crippen LogP contribution in [0.15, 0.2) is 41.0 Å². The van der Waals surface area contributed by atoms with Crippen molar-refractivity contribution in [2.75, 3.05) is 6.61 Å². The smallest absolute Gasteiger partial charge is 0.478 e. The highest BCUT2D eigenvalue weighted by Gasteiger charge is 2.42. The number of hydrogen-bond donors (Lipinski definition) is 2. The maximum atomic E-state index is 12.3. The Morgan fingerprint density at radius 2 is 2.00 bits per heavy atom. The molecule has 1 heterocycles. The first-order valence-electron chi connectivity index (χ1n) is 9.71. The van der Waals surface area contributed by atoms with Gasteiger partial charge in [-0.25, -0.2) is 0 Å². The summed E-state index contributed by atoms with van der Waals surface area (Å²) >= 11 is 5.80. The van der Waals surface area contributed by atoms with E-state index < -0.39 is 31.1 Å². The van der Waals surface area contributed by atoms with E-state index in [4.69, 9.17) is 20.8 Å². The van der Waals surface area contributed by atoms with E-state index >= 15 is 0 Å². The minimum Gasteiger partial charge on any atom is -0.478 e. The van der Waals surface area contributed by atoms with Gasteiger partial charge in [0.15, 0.2) is 6.10 Å². The van der Waals surface area contributed by atoms with Gasteiger partial charge in [0.1, 0.15) is 5.75 Å². The Labute approximate surface area is 186 Å². The average Bonchev–Trinajstić information content (AvgIpc) is 3.16. The maximum absolute atomic E-state index is 12.3. The number of aliphatic hydroxyl groups is 1. The summed E-state index contributed by atoms with van der Waals surface area (Å²) < 4.78 is 51.4. The van der Waals surface area contributed by atoms with E-state index in [1.165, 1.54) is 0 Å². The number of aliphatic hydroxyl groups excluding tert-OH is 1. The third-order valence-corrected chi connectivity index (χ3v) is 4.97. The van der Waals surface area contributed by atoms with Gasteiger partial charge in [-0.3, -0.25) is 9.53 Å². The number of halogens is 4. The van der Waals surface area contributed by atoms with Gasteiger partial charge >= 0.3 is 6.36 Å². The highest BCUT2D eigenvalue weighted by molar-refractivity contribution is 6.30. The molecular weight excluding hydrogens is 455 g/mol. The second-order valence-electron chi connectivity index (χ2n) is 7.22. The Bertz CT molecular complexity index is 929. The van der Waals surface area contributed by atoms with Gasteiger partial charge in [0.05, 0.1) is 12.7 Å². The van der Waals surface area contributed by atoms with Crippen LogP contribution < -0.4 is 10.1 Å². The molecule has 1 aliphatic carbocycles. The van der Waals surface area contributed by atoms with Gasteiger partial charge in [-0.2, -0.15) is 0 Å². The molecule has 0 radical (unpaired) electrons. The number of amides is 1. The van der Waals surface area contributed by atoms with Crippen molar-refractivity contribution in [1.82, 2.24) is 15.5 Å². The molecule has 12 heteroatoms. The molecule has 3 rings (SSSR count). The van der Waals surface area contributed by atoms with Gasteiger partial charge < -0.3 is 19.6 Å². The average molecular weight is 476 g/mol. The number of alkyl halides is 3. The molecule has 1 aromatic heterocycles. The van der Waals surface area contributed by atoms with Crippen LogP contribution in [0.2, 0.25) is 5.02 Å². The number of nitrogens with one attached hydrogen (secondary N) is 1. The lowest BCUT2D eigenvalue weighted by Crippen LogP contribution is -2.40. The molecule has 1 aromatic carbocycles. The fraction of sp³-hybridized carbons (Fsp3) is 0.450. The fourth-order valence-corrected chi connectivity index (χ4v) is 3.14. The van der Waals surface area contributed by atoms with Crippen molar-refractivity contribution in [3.63, 3.8) is 0 Å². The third kappa shape index (κ3) is 6.94. The Morgan fingerprint density at radius 3 is 2.62 bits per heavy atom. The second kappa shape index (κ2) is 10.3. The van der Waals surface area contributed by atoms with Crippen LogP contribution in [0.1, 0.15) is 37.0 Å². The summed E-state index contributed by atoms with van der Waals surface area (Å²) in [5.74, 6) is 0.0391. The lowest BCUT2D eigenvalue weighted by Gasteiger charge is -2.32. The van der Waals surface area contributed by atoms with E-state index in [0.29, 0.717) is 16.5 Å². The second-order valence-corrected chi connectivity index (χ2v) is 7.66. The van der Waals surface area contributed by atoms with Gasteiger partial charge in [0.2, 0.25) is 11.8 Å². The molecule has 0 aliphatic heterocycles. The van der Waals surface area contributed by atoms with Crippen LogP contribution in [0.3, 0.4) is 0 Å². The molecule has 1 amide bonds. The standard InChI is InChI=1S/C20H21ClF3N3O5/c1-11(25-18(29)16(10-28)30-14-5-3-13(21)4-6-14)2-7-17-26-27-19(31-17)12-8-15(9-12)32-20(22,23)24/h3-6,12,15-16,28H,1-2,7-10H2,(H,25,29)/t12-,15+,16-/m0/s1. The summed E-state index contributed by atoms with van der Waals surface area (Å²) in [7, 11) is 0. The topological polar surface area (TPSA) is 107 Å². The number of carbonyl (C=O) groups is 1. The molecule has 174 valence electrons. The van der Waals surface area contributed by atoms with Crippen molar-refractivity contribution in [2.45, 2.75) is 50.2 Å². The highest BCUT2D eigenvalue weighted by atomic mass is 35.5. The molecule has 32 heavy (non-hydrogen) atoms. The number of aryl methyl sites for hydroxylation is 1. The molecular formula is C20H21ClF3N3O5. The lowest BCUT2D eigenvalue weighted by atomic mass is 9.82. The van der Waals surface area contributed by atoms with Crippen LogP contribution in [0.5, 0.6) is 5.75 Å². The van der Waals surface area contributed by atoms with Gasteiger partial charge in [0, 0.05) is 23.1 Å². The molecule has 0 bridgehead atoms. The van der Waals surface area contributed by atoms with Crippen LogP contribution >= 0.6 is 11.6 Å². The monoisotopic (exact) mass is 475 g/mol. The number of rotatable bonds is 10. The normalized spacial score (nSPS) is 19.2. The molecule has 1 fully saturated rings. The quantitative estimate of drug-likeness (QED) is 0.541. The molecule has 0 unspecified atom stereocenters. The molecule has 1 atom stereocenters. The SMILES string of the molecule is C=C(CCc1nnc([C@H]2C[C@@H](OC(F)(F)F)C2)o1)NC(=O)[C@H](CO)Oc1ccc(Cl)cc1. The molecule has 2 N–H and O–H groups in total. The molecule has 1 saturated carbocycles. The van der Waals surface area contributed by atoms with Crippen molar-refractivity contribution in [3.8, 4) is 5.75 Å². The van der Waals surface area contributed by atoms with Crippen molar-refractivity contribution < 1.29 is 37.0 Å². The first-order chi connectivity index (χ1) is 15.1. The number of carbonyl (C=O) groups excluding carboxylic acids is 1. The summed E-state index contributed by atoms with van der Waals surface area (Å²) in [6.07, 6.45) is -5.86. The van der Waals surface area contributed by atoms with Crippen LogP contribution in [0, 0.1) is 0 Å². The van der Waals surface area contributed by atoms with Crippen LogP contribution in [0.4, 0.5) is 13.2 Å². The van der Waals surface area contributed by atoms with E-state index in [0.717, 1.165) is 0 Å². The van der Waals surface area contributed by atoms with Gasteiger partial charge in [-0.15, -0.1) is 23.4 Å². The first-order valence-corrected chi connectivity index (χ1v) is 10.1. The first kappa shape index (κ1) is 24.0. The maximum Gasteiger partial charge on any atom is 0.522 e. The van der Waals surface area contributed by atoms with E-state index in [9.17, 15) is 23.1 Å². The predicted octanol–water partition coefficient (Wildman–Crippen LogP) is 3.51. The minimum atomic E-state index is -4.66. The number of aromatic nitrogens is 2. The molecule has 2 aromatic rings. The summed E-state index contributed by atoms with van der Waals surface area (Å²) in [4.78, 5) is 12.3. The largest absolute Gasteiger partial charge is 0.522 e. The van der Waals surface area contributed by atoms with Crippen LogP contribution in [-0.4, -0.2) is 46.4 Å². The van der Waals surface area contributed by atoms with Crippen LogP contribution in [0.25, 0.3) is 0 Å². The summed E-state index contributed by atoms with van der Waals surface area (Å²) in [5.41, 5.74) is 0.343. The number of nitrogens with zero attached hydrogens (tertiary/aromatic N) is 2. The van der Waals surface area contributed by atoms with Gasteiger partial charge in [-0.1, -0.05) is 18.2 Å². The minimum absolute atomic E-state index is 0.153. The van der Waals surface area contributed by atoms with Crippen molar-refractivity contribution in [3.05, 3.63) is 53.3 Å². The lowest BCUT2D eigenvalue weighted by molar-refractivity contribution is -0.352. The Balaban J connectivity index is 1.42.